The van der Waals surface area contributed by atoms with E-state index in [1.165, 1.54) is 17.7 Å². The van der Waals surface area contributed by atoms with Crippen LogP contribution in [0.5, 0.6) is 0 Å². The summed E-state index contributed by atoms with van der Waals surface area (Å²) in [5.41, 5.74) is 3.67. The van der Waals surface area contributed by atoms with Crippen LogP contribution in [0.2, 0.25) is 0 Å². The van der Waals surface area contributed by atoms with Gasteiger partial charge in [0.25, 0.3) is 5.91 Å². The number of carbonyl (C=O) groups is 1. The summed E-state index contributed by atoms with van der Waals surface area (Å²) < 4.78 is 13.3. The molecule has 24 heavy (non-hydrogen) atoms. The van der Waals surface area contributed by atoms with Crippen molar-refractivity contribution in [3.05, 3.63) is 71.9 Å². The van der Waals surface area contributed by atoms with Crippen molar-refractivity contribution in [2.45, 2.75) is 6.42 Å². The van der Waals surface area contributed by atoms with Crippen molar-refractivity contribution in [3.8, 4) is 0 Å². The molecule has 3 aromatic rings. The van der Waals surface area contributed by atoms with E-state index in [-0.39, 0.29) is 11.7 Å². The van der Waals surface area contributed by atoms with Gasteiger partial charge >= 0.3 is 0 Å². The van der Waals surface area contributed by atoms with Gasteiger partial charge in [-0.3, -0.25) is 9.78 Å². The highest BCUT2D eigenvalue weighted by Gasteiger charge is 2.20. The van der Waals surface area contributed by atoms with E-state index in [4.69, 9.17) is 0 Å². The standard InChI is InChI=1S/C19H16FN3O/c20-15-3-4-16-17(12-22-18(16)10-15)13-5-8-23(9-6-13)19(24)14-2-1-7-21-11-14/h1-5,7,10-12,22H,6,8-9H2. The quantitative estimate of drug-likeness (QED) is 0.783. The first-order chi connectivity index (χ1) is 11.7. The Bertz CT molecular complexity index is 930. The lowest BCUT2D eigenvalue weighted by molar-refractivity contribution is 0.0772. The first-order valence-corrected chi connectivity index (χ1v) is 7.88. The molecule has 0 aliphatic carbocycles. The monoisotopic (exact) mass is 321 g/mol. The molecule has 120 valence electrons. The molecule has 1 aliphatic rings. The first-order valence-electron chi connectivity index (χ1n) is 7.88. The van der Waals surface area contributed by atoms with Gasteiger partial charge in [0.15, 0.2) is 0 Å². The lowest BCUT2D eigenvalue weighted by atomic mass is 9.98. The lowest BCUT2D eigenvalue weighted by Crippen LogP contribution is -2.34. The van der Waals surface area contributed by atoms with E-state index in [0.29, 0.717) is 18.7 Å². The molecule has 4 nitrogen and oxygen atoms in total. The van der Waals surface area contributed by atoms with Crippen molar-refractivity contribution < 1.29 is 9.18 Å². The van der Waals surface area contributed by atoms with Gasteiger partial charge in [0, 0.05) is 48.1 Å². The van der Waals surface area contributed by atoms with Crippen LogP contribution >= 0.6 is 0 Å². The van der Waals surface area contributed by atoms with Crippen molar-refractivity contribution in [1.29, 1.82) is 0 Å². The zero-order valence-electron chi connectivity index (χ0n) is 13.0. The number of hydrogen-bond donors (Lipinski definition) is 1. The number of aromatic nitrogens is 2. The highest BCUT2D eigenvalue weighted by atomic mass is 19.1. The summed E-state index contributed by atoms with van der Waals surface area (Å²) >= 11 is 0. The van der Waals surface area contributed by atoms with E-state index in [9.17, 15) is 9.18 Å². The first kappa shape index (κ1) is 14.6. The van der Waals surface area contributed by atoms with E-state index in [2.05, 4.69) is 16.0 Å². The number of benzene rings is 1. The number of aromatic amines is 1. The van der Waals surface area contributed by atoms with Crippen LogP contribution in [0.15, 0.2) is 55.0 Å². The molecule has 1 N–H and O–H groups in total. The van der Waals surface area contributed by atoms with Crippen LogP contribution in [0.3, 0.4) is 0 Å². The molecule has 0 atom stereocenters. The third-order valence-electron chi connectivity index (χ3n) is 4.39. The molecule has 2 aromatic heterocycles. The maximum absolute atomic E-state index is 13.3. The number of nitrogens with zero attached hydrogens (tertiary/aromatic N) is 2. The van der Waals surface area contributed by atoms with Gasteiger partial charge in [-0.1, -0.05) is 6.08 Å². The molecule has 0 unspecified atom stereocenters. The van der Waals surface area contributed by atoms with Gasteiger partial charge in [-0.2, -0.15) is 0 Å². The van der Waals surface area contributed by atoms with Crippen LogP contribution in [-0.4, -0.2) is 33.9 Å². The molecular formula is C19H16FN3O. The van der Waals surface area contributed by atoms with Crippen molar-refractivity contribution in [2.75, 3.05) is 13.1 Å². The molecule has 0 saturated heterocycles. The fraction of sp³-hybridized carbons (Fsp3) is 0.158. The maximum Gasteiger partial charge on any atom is 0.255 e. The average molecular weight is 321 g/mol. The Morgan fingerprint density at radius 2 is 2.21 bits per heavy atom. The van der Waals surface area contributed by atoms with Crippen LogP contribution in [-0.2, 0) is 0 Å². The highest BCUT2D eigenvalue weighted by molar-refractivity contribution is 5.96. The predicted octanol–water partition coefficient (Wildman–Crippen LogP) is 3.63. The van der Waals surface area contributed by atoms with Crippen molar-refractivity contribution >= 4 is 22.4 Å². The highest BCUT2D eigenvalue weighted by Crippen LogP contribution is 2.29. The fourth-order valence-electron chi connectivity index (χ4n) is 3.13. The summed E-state index contributed by atoms with van der Waals surface area (Å²) in [6.45, 7) is 1.23. The molecule has 3 heterocycles. The fourth-order valence-corrected chi connectivity index (χ4v) is 3.13. The number of pyridine rings is 1. The van der Waals surface area contributed by atoms with Gasteiger partial charge in [-0.25, -0.2) is 4.39 Å². The smallest absolute Gasteiger partial charge is 0.255 e. The van der Waals surface area contributed by atoms with Crippen molar-refractivity contribution in [3.63, 3.8) is 0 Å². The number of halogens is 1. The molecule has 0 bridgehead atoms. The second-order valence-corrected chi connectivity index (χ2v) is 5.86. The molecule has 0 saturated carbocycles. The van der Waals surface area contributed by atoms with E-state index < -0.39 is 0 Å². The van der Waals surface area contributed by atoms with Gasteiger partial charge in [0.05, 0.1) is 5.56 Å². The SMILES string of the molecule is O=C(c1cccnc1)N1CC=C(c2c[nH]c3cc(F)ccc23)CC1. The zero-order chi connectivity index (χ0) is 16.5. The van der Waals surface area contributed by atoms with Crippen molar-refractivity contribution in [2.24, 2.45) is 0 Å². The minimum absolute atomic E-state index is 0.000558. The molecule has 1 aliphatic heterocycles. The Morgan fingerprint density at radius 1 is 1.29 bits per heavy atom. The Balaban J connectivity index is 1.57. The summed E-state index contributed by atoms with van der Waals surface area (Å²) in [6, 6.07) is 8.32. The molecule has 0 spiro atoms. The van der Waals surface area contributed by atoms with Crippen LogP contribution in [0, 0.1) is 5.82 Å². The van der Waals surface area contributed by atoms with Gasteiger partial charge in [-0.15, -0.1) is 0 Å². The van der Waals surface area contributed by atoms with Gasteiger partial charge in [0.2, 0.25) is 0 Å². The van der Waals surface area contributed by atoms with E-state index in [1.54, 1.807) is 30.6 Å². The summed E-state index contributed by atoms with van der Waals surface area (Å²) in [5.74, 6) is -0.249. The molecule has 1 amide bonds. The Labute approximate surface area is 138 Å². The molecule has 1 aromatic carbocycles. The summed E-state index contributed by atoms with van der Waals surface area (Å²) in [5, 5.41) is 1.01. The van der Waals surface area contributed by atoms with Gasteiger partial charge in [-0.05, 0) is 42.3 Å². The van der Waals surface area contributed by atoms with E-state index >= 15 is 0 Å². The number of nitrogens with one attached hydrogen (secondary N) is 1. The summed E-state index contributed by atoms with van der Waals surface area (Å²) in [4.78, 5) is 21.4. The summed E-state index contributed by atoms with van der Waals surface area (Å²) in [6.07, 6.45) is 8.01. The topological polar surface area (TPSA) is 49.0 Å². The number of H-pyrrole nitrogens is 1. The Hall–Kier alpha value is -2.95. The summed E-state index contributed by atoms with van der Waals surface area (Å²) in [7, 11) is 0. The molecule has 0 fully saturated rings. The average Bonchev–Trinajstić information content (AvgIpc) is 3.05. The van der Waals surface area contributed by atoms with Crippen LogP contribution in [0.1, 0.15) is 22.3 Å². The predicted molar refractivity (Wildman–Crippen MR) is 91.0 cm³/mol. The third-order valence-corrected chi connectivity index (χ3v) is 4.39. The number of carbonyl (C=O) groups excluding carboxylic acids is 1. The minimum atomic E-state index is -0.248. The second-order valence-electron chi connectivity index (χ2n) is 5.86. The number of fused-ring (bicyclic) bond motifs is 1. The van der Waals surface area contributed by atoms with Crippen molar-refractivity contribution in [1.82, 2.24) is 14.9 Å². The lowest BCUT2D eigenvalue weighted by Gasteiger charge is -2.26. The Morgan fingerprint density at radius 3 is 2.96 bits per heavy atom. The van der Waals surface area contributed by atoms with E-state index in [1.807, 2.05) is 11.1 Å². The maximum atomic E-state index is 13.3. The number of rotatable bonds is 2. The normalized spacial score (nSPS) is 14.7. The van der Waals surface area contributed by atoms with Gasteiger partial charge in [0.1, 0.15) is 5.82 Å². The molecule has 0 radical (unpaired) electrons. The Kier molecular flexibility index (Phi) is 3.61. The van der Waals surface area contributed by atoms with Crippen LogP contribution < -0.4 is 0 Å². The second kappa shape index (κ2) is 5.92. The van der Waals surface area contributed by atoms with Crippen LogP contribution in [0.25, 0.3) is 16.5 Å². The molecule has 5 heteroatoms. The molecular weight excluding hydrogens is 305 g/mol. The largest absolute Gasteiger partial charge is 0.360 e. The van der Waals surface area contributed by atoms with E-state index in [0.717, 1.165) is 22.9 Å². The van der Waals surface area contributed by atoms with Crippen LogP contribution in [0.4, 0.5) is 4.39 Å². The zero-order valence-corrected chi connectivity index (χ0v) is 13.0. The number of hydrogen-bond acceptors (Lipinski definition) is 2. The molecule has 4 rings (SSSR count). The minimum Gasteiger partial charge on any atom is -0.360 e. The van der Waals surface area contributed by atoms with Gasteiger partial charge < -0.3 is 9.88 Å². The number of amides is 1. The third kappa shape index (κ3) is 2.58.